The lowest BCUT2D eigenvalue weighted by Crippen LogP contribution is -2.46. The molecule has 0 saturated heterocycles. The normalized spacial score (nSPS) is 22.1. The van der Waals surface area contributed by atoms with Crippen LogP contribution in [0.5, 0.6) is 0 Å². The van der Waals surface area contributed by atoms with Crippen LogP contribution in [0.1, 0.15) is 110 Å². The molecule has 1 aliphatic heterocycles. The Labute approximate surface area is 310 Å². The van der Waals surface area contributed by atoms with Crippen molar-refractivity contribution in [1.29, 1.82) is 0 Å². The number of nitrogens with zero attached hydrogens (tertiary/aromatic N) is 4. The second kappa shape index (κ2) is 16.0. The van der Waals surface area contributed by atoms with Crippen LogP contribution in [-0.4, -0.2) is 83.5 Å². The molecule has 4 atom stereocenters. The molecule has 2 heterocycles. The lowest BCUT2D eigenvalue weighted by Gasteiger charge is -2.36. The smallest absolute Gasteiger partial charge is 0.274 e. The standard InChI is InChI=1S/C40H53N5O5S.H2O/c1-6-8-18-43(19-9-7-2)38(49)34-20-27(3)45(41-34)35-15-14-31(42-51(50)26-40-17-16-30(22-36(40)47)39(40,4)5)23-33(35)37(48)44-24-29-13-11-10-12-28(29)21-32(44)25-46;/h10-15,20,23,30,32,42,46H,6-9,16-19,21-22,24-26H2,1-5H3;1H2/t30-,32+,40-,51?;/m1./s1. The first-order chi connectivity index (χ1) is 24.4. The lowest BCUT2D eigenvalue weighted by molar-refractivity contribution is -0.127. The summed E-state index contributed by atoms with van der Waals surface area (Å²) in [4.78, 5) is 45.2. The molecule has 6 rings (SSSR count). The molecule has 2 aromatic carbocycles. The Morgan fingerprint density at radius 3 is 2.35 bits per heavy atom. The number of nitrogens with one attached hydrogen (secondary N) is 1. The summed E-state index contributed by atoms with van der Waals surface area (Å²) in [5, 5.41) is 15.2. The number of aliphatic hydroxyl groups excluding tert-OH is 1. The van der Waals surface area contributed by atoms with Crippen LogP contribution in [0.25, 0.3) is 5.69 Å². The number of carbonyl (C=O) groups excluding carboxylic acids is 3. The van der Waals surface area contributed by atoms with E-state index in [-0.39, 0.29) is 40.8 Å². The van der Waals surface area contributed by atoms with Crippen LogP contribution in [0.2, 0.25) is 0 Å². The van der Waals surface area contributed by atoms with Gasteiger partial charge in [0.05, 0.1) is 29.7 Å². The molecular weight excluding hydrogens is 679 g/mol. The molecule has 2 amide bonds. The van der Waals surface area contributed by atoms with Crippen LogP contribution in [0.4, 0.5) is 5.69 Å². The SMILES string of the molecule is CCCCN(CCCC)C(=O)c1cc(C)n(-c2ccc(NS(=O)C[C@]34CC[C@H](CC3=O)C4(C)C)cc2C(=O)N2Cc3ccccc3C[C@H]2CO)n1.O. The summed E-state index contributed by atoms with van der Waals surface area (Å²) in [7, 11) is -1.58. The van der Waals surface area contributed by atoms with Gasteiger partial charge in [0, 0.05) is 42.9 Å². The molecule has 3 aromatic rings. The van der Waals surface area contributed by atoms with Crippen LogP contribution in [0.15, 0.2) is 48.5 Å². The Kier molecular flexibility index (Phi) is 12.1. The van der Waals surface area contributed by atoms with E-state index in [1.165, 1.54) is 0 Å². The maximum Gasteiger partial charge on any atom is 0.274 e. The number of fused-ring (bicyclic) bond motifs is 3. The number of hydrogen-bond donors (Lipinski definition) is 2. The molecule has 52 heavy (non-hydrogen) atoms. The number of aryl methyl sites for hydroxylation is 1. The number of hydrogen-bond acceptors (Lipinski definition) is 6. The van der Waals surface area contributed by atoms with Gasteiger partial charge in [-0.15, -0.1) is 0 Å². The maximum absolute atomic E-state index is 14.7. The van der Waals surface area contributed by atoms with Crippen molar-refractivity contribution in [3.63, 3.8) is 0 Å². The van der Waals surface area contributed by atoms with Gasteiger partial charge in [0.1, 0.15) is 16.8 Å². The van der Waals surface area contributed by atoms with Gasteiger partial charge in [-0.25, -0.2) is 8.89 Å². The van der Waals surface area contributed by atoms with E-state index in [0.29, 0.717) is 66.7 Å². The fraction of sp³-hybridized carbons (Fsp3) is 0.550. The van der Waals surface area contributed by atoms with Crippen molar-refractivity contribution < 1.29 is 29.2 Å². The van der Waals surface area contributed by atoms with E-state index in [9.17, 15) is 23.7 Å². The van der Waals surface area contributed by atoms with E-state index in [4.69, 9.17) is 5.10 Å². The number of aliphatic hydroxyl groups is 1. The number of anilines is 1. The molecule has 0 spiro atoms. The number of rotatable bonds is 14. The van der Waals surface area contributed by atoms with Crippen molar-refractivity contribution in [3.8, 4) is 5.69 Å². The highest BCUT2D eigenvalue weighted by atomic mass is 32.2. The number of ketones is 1. The van der Waals surface area contributed by atoms with E-state index < -0.39 is 22.4 Å². The van der Waals surface area contributed by atoms with Crippen LogP contribution >= 0.6 is 0 Å². The van der Waals surface area contributed by atoms with Crippen molar-refractivity contribution in [2.24, 2.45) is 16.7 Å². The summed E-state index contributed by atoms with van der Waals surface area (Å²) >= 11 is 0. The summed E-state index contributed by atoms with van der Waals surface area (Å²) in [6.07, 6.45) is 6.54. The highest BCUT2D eigenvalue weighted by Crippen LogP contribution is 2.64. The molecule has 1 unspecified atom stereocenters. The first-order valence-electron chi connectivity index (χ1n) is 18.6. The third-order valence-corrected chi connectivity index (χ3v) is 13.2. The van der Waals surface area contributed by atoms with Crippen LogP contribution in [-0.2, 0) is 28.7 Å². The van der Waals surface area contributed by atoms with Crippen molar-refractivity contribution in [3.05, 3.63) is 76.6 Å². The molecule has 12 heteroatoms. The molecular formula is C40H55N5O6S. The van der Waals surface area contributed by atoms with E-state index in [0.717, 1.165) is 49.7 Å². The topological polar surface area (TPSA) is 156 Å². The Bertz CT molecular complexity index is 1820. The lowest BCUT2D eigenvalue weighted by atomic mass is 9.70. The van der Waals surface area contributed by atoms with Gasteiger partial charge < -0.3 is 25.1 Å². The van der Waals surface area contributed by atoms with Crippen molar-refractivity contribution in [1.82, 2.24) is 19.6 Å². The van der Waals surface area contributed by atoms with E-state index in [1.807, 2.05) is 36.1 Å². The Morgan fingerprint density at radius 2 is 1.73 bits per heavy atom. The van der Waals surface area contributed by atoms with Gasteiger partial charge in [0.25, 0.3) is 11.8 Å². The number of carbonyl (C=O) groups is 3. The monoisotopic (exact) mass is 733 g/mol. The number of amides is 2. The molecule has 282 valence electrons. The fourth-order valence-electron chi connectivity index (χ4n) is 8.60. The van der Waals surface area contributed by atoms with Gasteiger partial charge >= 0.3 is 0 Å². The first-order valence-corrected chi connectivity index (χ1v) is 19.9. The van der Waals surface area contributed by atoms with Gasteiger partial charge in [0.2, 0.25) is 0 Å². The zero-order valence-corrected chi connectivity index (χ0v) is 32.1. The van der Waals surface area contributed by atoms with Crippen molar-refractivity contribution in [2.45, 2.75) is 98.6 Å². The third kappa shape index (κ3) is 7.21. The number of aromatic nitrogens is 2. The molecule has 3 aliphatic rings. The minimum Gasteiger partial charge on any atom is -0.412 e. The molecule has 2 bridgehead atoms. The number of Topliss-reactive ketones (excluding diaryl/α,β-unsaturated/α-hetero) is 1. The van der Waals surface area contributed by atoms with Gasteiger partial charge in [-0.1, -0.05) is 64.8 Å². The summed E-state index contributed by atoms with van der Waals surface area (Å²) in [5.41, 5.74) is 3.58. The highest BCUT2D eigenvalue weighted by Gasteiger charge is 2.64. The second-order valence-electron chi connectivity index (χ2n) is 15.3. The molecule has 4 N–H and O–H groups in total. The van der Waals surface area contributed by atoms with E-state index in [1.54, 1.807) is 33.8 Å². The number of unbranched alkanes of at least 4 members (excludes halogenated alkanes) is 2. The van der Waals surface area contributed by atoms with Gasteiger partial charge in [-0.05, 0) is 85.8 Å². The average molecular weight is 734 g/mol. The molecule has 0 radical (unpaired) electrons. The predicted octanol–water partition coefficient (Wildman–Crippen LogP) is 5.43. The Hall–Kier alpha value is -3.87. The quantitative estimate of drug-likeness (QED) is 0.225. The minimum atomic E-state index is -1.58. The Balaban J connectivity index is 0.00000523. The third-order valence-electron chi connectivity index (χ3n) is 12.0. The van der Waals surface area contributed by atoms with Gasteiger partial charge in [0.15, 0.2) is 5.69 Å². The molecule has 11 nitrogen and oxygen atoms in total. The van der Waals surface area contributed by atoms with Crippen molar-refractivity contribution in [2.75, 3.05) is 30.2 Å². The minimum absolute atomic E-state index is 0. The van der Waals surface area contributed by atoms with Crippen molar-refractivity contribution >= 4 is 34.3 Å². The van der Waals surface area contributed by atoms with Gasteiger partial charge in [-0.2, -0.15) is 5.10 Å². The maximum atomic E-state index is 14.7. The molecule has 1 aromatic heterocycles. The summed E-state index contributed by atoms with van der Waals surface area (Å²) in [6, 6.07) is 14.5. The molecule has 2 aliphatic carbocycles. The van der Waals surface area contributed by atoms with E-state index in [2.05, 4.69) is 32.4 Å². The zero-order chi connectivity index (χ0) is 36.5. The first kappa shape index (κ1) is 39.3. The van der Waals surface area contributed by atoms with Crippen LogP contribution < -0.4 is 4.72 Å². The zero-order valence-electron chi connectivity index (χ0n) is 31.2. The summed E-state index contributed by atoms with van der Waals surface area (Å²) in [5.74, 6) is 0.303. The summed E-state index contributed by atoms with van der Waals surface area (Å²) < 4.78 is 18.5. The summed E-state index contributed by atoms with van der Waals surface area (Å²) in [6.45, 7) is 11.8. The second-order valence-corrected chi connectivity index (χ2v) is 16.5. The Morgan fingerprint density at radius 1 is 1.04 bits per heavy atom. The van der Waals surface area contributed by atoms with Gasteiger partial charge in [-0.3, -0.25) is 14.4 Å². The molecule has 2 fully saturated rings. The predicted molar refractivity (Wildman–Crippen MR) is 204 cm³/mol. The molecule has 2 saturated carbocycles. The highest BCUT2D eigenvalue weighted by molar-refractivity contribution is 7.86. The van der Waals surface area contributed by atoms with Crippen LogP contribution in [0.3, 0.4) is 0 Å². The van der Waals surface area contributed by atoms with E-state index >= 15 is 0 Å². The fourth-order valence-corrected chi connectivity index (χ4v) is 10.2. The largest absolute Gasteiger partial charge is 0.412 e. The van der Waals surface area contributed by atoms with Crippen LogP contribution in [0, 0.1) is 23.7 Å². The average Bonchev–Trinajstić information content (AvgIpc) is 3.68. The number of benzene rings is 2.